The van der Waals surface area contributed by atoms with Crippen LogP contribution in [0.4, 0.5) is 19.0 Å². The number of nitrogens with zero attached hydrogens (tertiary/aromatic N) is 6. The zero-order valence-corrected chi connectivity index (χ0v) is 15.2. The summed E-state index contributed by atoms with van der Waals surface area (Å²) in [6.07, 6.45) is -1.46. The van der Waals surface area contributed by atoms with E-state index >= 15 is 0 Å². The number of piperidine rings is 1. The fraction of sp³-hybridized carbons (Fsp3) is 0.444. The van der Waals surface area contributed by atoms with E-state index in [0.29, 0.717) is 18.1 Å². The number of hydrogen-bond donors (Lipinski definition) is 0. The van der Waals surface area contributed by atoms with Crippen LogP contribution in [0, 0.1) is 12.8 Å². The van der Waals surface area contributed by atoms with Crippen molar-refractivity contribution >= 4 is 11.5 Å². The van der Waals surface area contributed by atoms with E-state index in [4.69, 9.17) is 4.74 Å². The highest BCUT2D eigenvalue weighted by Crippen LogP contribution is 2.30. The number of aryl methyl sites for hydroxylation is 1. The molecule has 1 saturated heterocycles. The number of rotatable bonds is 4. The van der Waals surface area contributed by atoms with Gasteiger partial charge < -0.3 is 9.64 Å². The molecule has 148 valence electrons. The Labute approximate surface area is 159 Å². The Balaban J connectivity index is 1.42. The van der Waals surface area contributed by atoms with E-state index in [1.165, 1.54) is 6.07 Å². The molecule has 0 spiro atoms. The Morgan fingerprint density at radius 3 is 2.89 bits per heavy atom. The SMILES string of the molecule is Cc1nnc2ccc(N3CCCC(COc4ccnc(C(F)(F)F)c4)C3)nn12. The number of ether oxygens (including phenoxy) is 1. The molecule has 3 aromatic rings. The maximum Gasteiger partial charge on any atom is 0.433 e. The van der Waals surface area contributed by atoms with Crippen molar-refractivity contribution in [3.63, 3.8) is 0 Å². The van der Waals surface area contributed by atoms with Gasteiger partial charge in [0.2, 0.25) is 0 Å². The van der Waals surface area contributed by atoms with Crippen LogP contribution in [0.5, 0.6) is 5.75 Å². The van der Waals surface area contributed by atoms with Crippen LogP contribution in [0.25, 0.3) is 5.65 Å². The van der Waals surface area contributed by atoms with Gasteiger partial charge in [0.05, 0.1) is 6.61 Å². The molecule has 1 unspecified atom stereocenters. The Morgan fingerprint density at radius 1 is 1.21 bits per heavy atom. The van der Waals surface area contributed by atoms with E-state index in [9.17, 15) is 13.2 Å². The predicted octanol–water partition coefficient (Wildman–Crippen LogP) is 3.14. The van der Waals surface area contributed by atoms with Crippen LogP contribution in [0.3, 0.4) is 0 Å². The fourth-order valence-corrected chi connectivity index (χ4v) is 3.33. The normalized spacial score (nSPS) is 17.9. The topological polar surface area (TPSA) is 68.4 Å². The average molecular weight is 392 g/mol. The van der Waals surface area contributed by atoms with Crippen molar-refractivity contribution in [1.82, 2.24) is 24.8 Å². The summed E-state index contributed by atoms with van der Waals surface area (Å²) in [5.74, 6) is 1.91. The molecule has 0 N–H and O–H groups in total. The second-order valence-corrected chi connectivity index (χ2v) is 6.85. The van der Waals surface area contributed by atoms with Gasteiger partial charge >= 0.3 is 6.18 Å². The number of anilines is 1. The van der Waals surface area contributed by atoms with Crippen molar-refractivity contribution in [3.05, 3.63) is 42.0 Å². The van der Waals surface area contributed by atoms with Gasteiger partial charge in [-0.3, -0.25) is 4.98 Å². The van der Waals surface area contributed by atoms with E-state index < -0.39 is 11.9 Å². The first kappa shape index (κ1) is 18.5. The molecule has 7 nitrogen and oxygen atoms in total. The standard InChI is InChI=1S/C18H19F3N6O/c1-12-23-24-16-4-5-17(25-27(12)16)26-8-2-3-13(10-26)11-28-14-6-7-22-15(9-14)18(19,20)21/h4-7,9,13H,2-3,8,10-11H2,1H3. The Morgan fingerprint density at radius 2 is 2.07 bits per heavy atom. The lowest BCUT2D eigenvalue weighted by molar-refractivity contribution is -0.141. The Hall–Kier alpha value is -2.91. The van der Waals surface area contributed by atoms with Gasteiger partial charge in [-0.05, 0) is 38.0 Å². The van der Waals surface area contributed by atoms with Gasteiger partial charge in [0, 0.05) is 31.3 Å². The number of halogens is 3. The van der Waals surface area contributed by atoms with Crippen LogP contribution in [-0.2, 0) is 6.18 Å². The first-order valence-electron chi connectivity index (χ1n) is 9.00. The van der Waals surface area contributed by atoms with Crippen LogP contribution in [-0.4, -0.2) is 44.5 Å². The summed E-state index contributed by atoms with van der Waals surface area (Å²) >= 11 is 0. The van der Waals surface area contributed by atoms with Crippen LogP contribution < -0.4 is 9.64 Å². The molecule has 1 aliphatic rings. The maximum atomic E-state index is 12.8. The third-order valence-corrected chi connectivity index (χ3v) is 4.76. The summed E-state index contributed by atoms with van der Waals surface area (Å²) in [6.45, 7) is 3.76. The molecule has 10 heteroatoms. The lowest BCUT2D eigenvalue weighted by Crippen LogP contribution is -2.38. The highest BCUT2D eigenvalue weighted by atomic mass is 19.4. The van der Waals surface area contributed by atoms with E-state index in [1.807, 2.05) is 19.1 Å². The van der Waals surface area contributed by atoms with Crippen molar-refractivity contribution < 1.29 is 17.9 Å². The average Bonchev–Trinajstić information content (AvgIpc) is 3.06. The van der Waals surface area contributed by atoms with E-state index in [0.717, 1.165) is 44.0 Å². The molecule has 0 amide bonds. The van der Waals surface area contributed by atoms with E-state index in [1.54, 1.807) is 4.52 Å². The quantitative estimate of drug-likeness (QED) is 0.680. The molecule has 1 atom stereocenters. The molecule has 0 bridgehead atoms. The predicted molar refractivity (Wildman–Crippen MR) is 95.2 cm³/mol. The first-order valence-corrected chi connectivity index (χ1v) is 9.00. The first-order chi connectivity index (χ1) is 13.4. The summed E-state index contributed by atoms with van der Waals surface area (Å²) in [7, 11) is 0. The van der Waals surface area contributed by atoms with Gasteiger partial charge in [-0.25, -0.2) is 0 Å². The van der Waals surface area contributed by atoms with E-state index in [2.05, 4.69) is 25.2 Å². The highest BCUT2D eigenvalue weighted by Gasteiger charge is 2.32. The second-order valence-electron chi connectivity index (χ2n) is 6.85. The van der Waals surface area contributed by atoms with Crippen LogP contribution in [0.2, 0.25) is 0 Å². The van der Waals surface area contributed by atoms with Crippen molar-refractivity contribution in [1.29, 1.82) is 0 Å². The number of hydrogen-bond acceptors (Lipinski definition) is 6. The zero-order valence-electron chi connectivity index (χ0n) is 15.2. The molecule has 1 aliphatic heterocycles. The molecule has 4 rings (SSSR count). The van der Waals surface area contributed by atoms with Gasteiger partial charge in [0.15, 0.2) is 11.5 Å². The minimum absolute atomic E-state index is 0.180. The van der Waals surface area contributed by atoms with E-state index in [-0.39, 0.29) is 11.7 Å². The van der Waals surface area contributed by atoms with Gasteiger partial charge in [-0.2, -0.15) is 17.7 Å². The number of aromatic nitrogens is 5. The molecular formula is C18H19F3N6O. The molecular weight excluding hydrogens is 373 g/mol. The number of alkyl halides is 3. The minimum Gasteiger partial charge on any atom is -0.493 e. The molecule has 4 heterocycles. The number of fused-ring (bicyclic) bond motifs is 1. The van der Waals surface area contributed by atoms with Crippen molar-refractivity contribution in [2.75, 3.05) is 24.6 Å². The summed E-state index contributed by atoms with van der Waals surface area (Å²) in [6, 6.07) is 6.16. The Kier molecular flexibility index (Phi) is 4.78. The third kappa shape index (κ3) is 3.85. The maximum absolute atomic E-state index is 12.8. The Bertz CT molecular complexity index is 973. The lowest BCUT2D eigenvalue weighted by Gasteiger charge is -2.33. The third-order valence-electron chi connectivity index (χ3n) is 4.76. The lowest BCUT2D eigenvalue weighted by atomic mass is 9.99. The van der Waals surface area contributed by atoms with Crippen molar-refractivity contribution in [3.8, 4) is 5.75 Å². The second kappa shape index (κ2) is 7.25. The molecule has 0 aliphatic carbocycles. The van der Waals surface area contributed by atoms with Crippen LogP contribution in [0.15, 0.2) is 30.5 Å². The van der Waals surface area contributed by atoms with Gasteiger partial charge in [0.1, 0.15) is 17.3 Å². The summed E-state index contributed by atoms with van der Waals surface area (Å²) in [4.78, 5) is 5.51. The van der Waals surface area contributed by atoms with Crippen molar-refractivity contribution in [2.45, 2.75) is 25.9 Å². The largest absolute Gasteiger partial charge is 0.493 e. The molecule has 1 fully saturated rings. The van der Waals surface area contributed by atoms with Crippen molar-refractivity contribution in [2.24, 2.45) is 5.92 Å². The van der Waals surface area contributed by atoms with Crippen LogP contribution in [0.1, 0.15) is 24.4 Å². The summed E-state index contributed by atoms with van der Waals surface area (Å²) < 4.78 is 45.7. The molecule has 0 saturated carbocycles. The monoisotopic (exact) mass is 392 g/mol. The molecule has 28 heavy (non-hydrogen) atoms. The summed E-state index contributed by atoms with van der Waals surface area (Å²) in [5.41, 5.74) is -0.256. The van der Waals surface area contributed by atoms with Gasteiger partial charge in [0.25, 0.3) is 0 Å². The highest BCUT2D eigenvalue weighted by molar-refractivity contribution is 5.46. The van der Waals surface area contributed by atoms with Gasteiger partial charge in [-0.1, -0.05) is 0 Å². The van der Waals surface area contributed by atoms with Crippen LogP contribution >= 0.6 is 0 Å². The molecule has 0 aromatic carbocycles. The molecule has 3 aromatic heterocycles. The fourth-order valence-electron chi connectivity index (χ4n) is 3.33. The summed E-state index contributed by atoms with van der Waals surface area (Å²) in [5, 5.41) is 12.6. The number of pyridine rings is 1. The zero-order chi connectivity index (χ0) is 19.7. The smallest absolute Gasteiger partial charge is 0.433 e. The van der Waals surface area contributed by atoms with Gasteiger partial charge in [-0.15, -0.1) is 15.3 Å². The molecule has 0 radical (unpaired) electrons. The minimum atomic E-state index is -4.48.